The third-order valence-corrected chi connectivity index (χ3v) is 12.3. The SMILES string of the molecule is c1ccc(Sc2c(Sc3ccccn3)n(Sc3ccccn3)n(Sc3ccccn3)n(Sc3ccccn3)n2Sc2ccccn2)nc1. The minimum Gasteiger partial charge on any atom is -0.250 e. The normalized spacial score (nSPS) is 11.0. The van der Waals surface area contributed by atoms with Gasteiger partial charge in [0.25, 0.3) is 0 Å². The molecule has 0 saturated heterocycles. The zero-order valence-electron chi connectivity index (χ0n) is 24.8. The van der Waals surface area contributed by atoms with Gasteiger partial charge in [-0.2, -0.15) is 8.17 Å². The van der Waals surface area contributed by atoms with Gasteiger partial charge in [0.05, 0.1) is 23.9 Å². The molecule has 0 amide bonds. The lowest BCUT2D eigenvalue weighted by atomic mass is 10.5. The van der Waals surface area contributed by atoms with Crippen molar-refractivity contribution in [2.24, 2.45) is 0 Å². The lowest BCUT2D eigenvalue weighted by Gasteiger charge is -2.29. The van der Waals surface area contributed by atoms with Gasteiger partial charge < -0.3 is 0 Å². The fourth-order valence-electron chi connectivity index (χ4n) is 3.88. The molecular weight excluding hydrogens is 717 g/mol. The van der Waals surface area contributed by atoms with Crippen molar-refractivity contribution >= 4 is 71.3 Å². The maximum Gasteiger partial charge on any atom is 0.146 e. The Morgan fingerprint density at radius 1 is 0.312 bits per heavy atom. The Balaban J connectivity index is 1.56. The van der Waals surface area contributed by atoms with Crippen LogP contribution in [0.25, 0.3) is 0 Å². The van der Waals surface area contributed by atoms with Crippen LogP contribution in [0, 0.1) is 0 Å². The van der Waals surface area contributed by atoms with Gasteiger partial charge in [0.1, 0.15) is 40.2 Å². The average Bonchev–Trinajstić information content (AvgIpc) is 3.15. The van der Waals surface area contributed by atoms with Gasteiger partial charge >= 0.3 is 0 Å². The molecule has 0 bridgehead atoms. The standard InChI is InChI=1S/C32H24N10S6/c1-7-19-33-25(13-1)43-31-32(44-26-14-2-8-20-34-26)40(46-28-16-4-10-22-36-28)42(48-30-18-6-12-24-38-30)41(47-29-17-5-11-23-37-29)39(31)45-27-15-3-9-21-35-27/h1-24H. The Hall–Kier alpha value is -4.06. The van der Waals surface area contributed by atoms with Crippen LogP contribution >= 0.6 is 71.3 Å². The minimum atomic E-state index is 0.793. The summed E-state index contributed by atoms with van der Waals surface area (Å²) in [6, 6.07) is 35.4. The minimum absolute atomic E-state index is 0.793. The van der Waals surface area contributed by atoms with Gasteiger partial charge in [-0.15, -0.1) is 8.40 Å². The molecule has 7 aromatic rings. The molecule has 0 saturated carbocycles. The van der Waals surface area contributed by atoms with Gasteiger partial charge in [-0.3, -0.25) is 0 Å². The molecule has 0 aliphatic carbocycles. The van der Waals surface area contributed by atoms with Gasteiger partial charge in [0, 0.05) is 61.1 Å². The molecule has 7 heterocycles. The maximum atomic E-state index is 4.71. The first-order chi connectivity index (χ1) is 23.8. The van der Waals surface area contributed by atoms with Crippen LogP contribution in [0.4, 0.5) is 0 Å². The Morgan fingerprint density at radius 3 is 0.854 bits per heavy atom. The molecule has 0 unspecified atom stereocenters. The predicted octanol–water partition coefficient (Wildman–Crippen LogP) is 8.91. The van der Waals surface area contributed by atoms with E-state index in [1.165, 1.54) is 47.8 Å². The molecule has 16 heteroatoms. The highest BCUT2D eigenvalue weighted by molar-refractivity contribution is 8.05. The fraction of sp³-hybridized carbons (Fsp3) is 0. The second-order valence-electron chi connectivity index (χ2n) is 9.24. The van der Waals surface area contributed by atoms with Crippen LogP contribution in [0.3, 0.4) is 0 Å². The molecule has 0 radical (unpaired) electrons. The van der Waals surface area contributed by atoms with Crippen LogP contribution in [0.5, 0.6) is 0 Å². The first-order valence-electron chi connectivity index (χ1n) is 14.3. The van der Waals surface area contributed by atoms with Gasteiger partial charge in [0.15, 0.2) is 0 Å². The third-order valence-electron chi connectivity index (χ3n) is 5.93. The van der Waals surface area contributed by atoms with E-state index in [1.54, 1.807) is 60.7 Å². The Bertz CT molecular complexity index is 1660. The van der Waals surface area contributed by atoms with Crippen molar-refractivity contribution < 1.29 is 0 Å². The monoisotopic (exact) mass is 740 g/mol. The topological polar surface area (TPSA) is 97.1 Å². The van der Waals surface area contributed by atoms with Crippen molar-refractivity contribution in [3.63, 3.8) is 0 Å². The fourth-order valence-corrected chi connectivity index (χ4v) is 9.96. The molecule has 0 atom stereocenters. The number of rotatable bonds is 12. The summed E-state index contributed by atoms with van der Waals surface area (Å²) in [5.74, 6) is 0. The zero-order valence-corrected chi connectivity index (χ0v) is 29.7. The molecule has 10 nitrogen and oxygen atoms in total. The highest BCUT2D eigenvalue weighted by Gasteiger charge is 2.27. The summed E-state index contributed by atoms with van der Waals surface area (Å²) in [4.78, 5) is 28.2. The number of aromatic nitrogens is 10. The van der Waals surface area contributed by atoms with E-state index < -0.39 is 0 Å². The summed E-state index contributed by atoms with van der Waals surface area (Å²) < 4.78 is 8.37. The van der Waals surface area contributed by atoms with Crippen molar-refractivity contribution in [3.8, 4) is 0 Å². The van der Waals surface area contributed by atoms with Crippen molar-refractivity contribution in [1.82, 2.24) is 46.5 Å². The molecule has 0 fully saturated rings. The van der Waals surface area contributed by atoms with E-state index in [0.29, 0.717) is 0 Å². The Kier molecular flexibility index (Phi) is 11.1. The summed E-state index contributed by atoms with van der Waals surface area (Å²) in [5, 5.41) is 6.61. The Labute approximate surface area is 302 Å². The molecule has 48 heavy (non-hydrogen) atoms. The van der Waals surface area contributed by atoms with Gasteiger partial charge in [-0.25, -0.2) is 29.9 Å². The van der Waals surface area contributed by atoms with E-state index in [0.717, 1.165) is 40.2 Å². The van der Waals surface area contributed by atoms with E-state index in [4.69, 9.17) is 29.9 Å². The highest BCUT2D eigenvalue weighted by atomic mass is 32.2. The summed E-state index contributed by atoms with van der Waals surface area (Å²) in [7, 11) is 0. The lowest BCUT2D eigenvalue weighted by molar-refractivity contribution is 0.528. The van der Waals surface area contributed by atoms with Gasteiger partial charge in [-0.1, -0.05) is 36.4 Å². The maximum absolute atomic E-state index is 4.71. The summed E-state index contributed by atoms with van der Waals surface area (Å²) in [6.07, 6.45) is 10.8. The zero-order chi connectivity index (χ0) is 32.4. The molecule has 0 N–H and O–H groups in total. The molecule has 0 aromatic carbocycles. The summed E-state index contributed by atoms with van der Waals surface area (Å²) in [6.45, 7) is 0. The lowest BCUT2D eigenvalue weighted by Crippen LogP contribution is -2.26. The van der Waals surface area contributed by atoms with Crippen molar-refractivity contribution in [2.45, 2.75) is 40.2 Å². The second-order valence-corrected chi connectivity index (χ2v) is 15.0. The second kappa shape index (κ2) is 16.4. The Morgan fingerprint density at radius 2 is 0.583 bits per heavy atom. The highest BCUT2D eigenvalue weighted by Crippen LogP contribution is 2.44. The van der Waals surface area contributed by atoms with Crippen LogP contribution in [0.15, 0.2) is 187 Å². The number of hydrogen-bond acceptors (Lipinski definition) is 12. The number of hydrogen-bond donors (Lipinski definition) is 0. The van der Waals surface area contributed by atoms with Crippen molar-refractivity contribution in [3.05, 3.63) is 146 Å². The molecule has 0 aliphatic heterocycles. The third kappa shape index (κ3) is 8.32. The van der Waals surface area contributed by atoms with Crippen molar-refractivity contribution in [1.29, 1.82) is 0 Å². The quantitative estimate of drug-likeness (QED) is 0.120. The number of pyridine rings is 6. The van der Waals surface area contributed by atoms with Gasteiger partial charge in [-0.05, 0) is 96.3 Å². The summed E-state index contributed by atoms with van der Waals surface area (Å²) >= 11 is 9.01. The first kappa shape index (κ1) is 32.5. The van der Waals surface area contributed by atoms with E-state index >= 15 is 0 Å². The van der Waals surface area contributed by atoms with Crippen LogP contribution in [0.1, 0.15) is 0 Å². The van der Waals surface area contributed by atoms with Crippen LogP contribution < -0.4 is 0 Å². The molecular formula is C32H24N10S6. The van der Waals surface area contributed by atoms with E-state index in [-0.39, 0.29) is 0 Å². The van der Waals surface area contributed by atoms with E-state index in [2.05, 4.69) is 16.6 Å². The molecule has 7 aromatic heterocycles. The average molecular weight is 741 g/mol. The largest absolute Gasteiger partial charge is 0.250 e. The molecule has 238 valence electrons. The smallest absolute Gasteiger partial charge is 0.146 e. The van der Waals surface area contributed by atoms with Crippen molar-refractivity contribution in [2.75, 3.05) is 0 Å². The van der Waals surface area contributed by atoms with E-state index in [9.17, 15) is 0 Å². The molecule has 0 aliphatic rings. The van der Waals surface area contributed by atoms with Crippen LogP contribution in [-0.2, 0) is 0 Å². The summed E-state index contributed by atoms with van der Waals surface area (Å²) in [5.41, 5.74) is 0. The van der Waals surface area contributed by atoms with E-state index in [1.807, 2.05) is 109 Å². The molecule has 0 spiro atoms. The molecule has 7 rings (SSSR count). The van der Waals surface area contributed by atoms with Crippen LogP contribution in [0.2, 0.25) is 0 Å². The van der Waals surface area contributed by atoms with Crippen LogP contribution in [-0.4, -0.2) is 46.5 Å². The predicted molar refractivity (Wildman–Crippen MR) is 195 cm³/mol. The number of nitrogens with zero attached hydrogens (tertiary/aromatic N) is 10. The first-order valence-corrected chi connectivity index (χ1v) is 19.0. The van der Waals surface area contributed by atoms with Gasteiger partial charge in [0.2, 0.25) is 0 Å².